The van der Waals surface area contributed by atoms with Gasteiger partial charge >= 0.3 is 0 Å². The molecule has 120 valence electrons. The highest BCUT2D eigenvalue weighted by atomic mass is 19.2. The van der Waals surface area contributed by atoms with Crippen molar-refractivity contribution in [2.24, 2.45) is 0 Å². The lowest BCUT2D eigenvalue weighted by atomic mass is 10.1. The molecule has 4 nitrogen and oxygen atoms in total. The molecule has 0 unspecified atom stereocenters. The van der Waals surface area contributed by atoms with Crippen LogP contribution in [0.15, 0.2) is 77.7 Å². The molecule has 1 N–H and O–H groups in total. The number of pyridine rings is 1. The topological polar surface area (TPSA) is 53.2 Å². The summed E-state index contributed by atoms with van der Waals surface area (Å²) in [6.45, 7) is -0.136. The van der Waals surface area contributed by atoms with E-state index in [1.807, 2.05) is 0 Å². The second kappa shape index (κ2) is 6.91. The van der Waals surface area contributed by atoms with Crippen LogP contribution in [-0.2, 0) is 6.54 Å². The summed E-state index contributed by atoms with van der Waals surface area (Å²) < 4.78 is 14.1. The van der Waals surface area contributed by atoms with Crippen molar-refractivity contribution in [1.82, 2.24) is 10.1 Å². The zero-order chi connectivity index (χ0) is 16.9. The third-order valence-electron chi connectivity index (χ3n) is 3.62. The van der Waals surface area contributed by atoms with Gasteiger partial charge in [-0.3, -0.25) is 9.59 Å². The number of rotatable bonds is 4. The van der Waals surface area contributed by atoms with Crippen LogP contribution in [0.5, 0.6) is 0 Å². The summed E-state index contributed by atoms with van der Waals surface area (Å²) >= 11 is 0. The normalized spacial score (nSPS) is 10.4. The molecule has 2 aromatic carbocycles. The number of aromatic amines is 1. The molecule has 0 saturated heterocycles. The van der Waals surface area contributed by atoms with Gasteiger partial charge in [0.25, 0.3) is 5.91 Å². The highest BCUT2D eigenvalue weighted by Crippen LogP contribution is 2.19. The lowest BCUT2D eigenvalue weighted by molar-refractivity contribution is 0.0148. The summed E-state index contributed by atoms with van der Waals surface area (Å²) in [5, 5.41) is 0.192. The van der Waals surface area contributed by atoms with Crippen LogP contribution in [0.3, 0.4) is 0 Å². The minimum atomic E-state index is -0.672. The van der Waals surface area contributed by atoms with E-state index in [1.165, 1.54) is 6.07 Å². The fourth-order valence-corrected chi connectivity index (χ4v) is 2.38. The number of hydrogen-bond acceptors (Lipinski definition) is 2. The van der Waals surface area contributed by atoms with Crippen molar-refractivity contribution in [2.75, 3.05) is 0 Å². The molecule has 5 heteroatoms. The maximum atomic E-state index is 14.1. The number of nitrogens with one attached hydrogen (secondary N) is 1. The van der Waals surface area contributed by atoms with Crippen LogP contribution in [-0.4, -0.2) is 16.0 Å². The molecular weight excluding hydrogens is 307 g/mol. The second-order valence-electron chi connectivity index (χ2n) is 5.33. The number of hydrogen-bond donors (Lipinski definition) is 1. The Bertz CT molecular complexity index is 889. The zero-order valence-corrected chi connectivity index (χ0v) is 12.8. The molecule has 0 fully saturated rings. The number of halogens is 1. The quantitative estimate of drug-likeness (QED) is 0.747. The number of nitrogens with zero attached hydrogens (tertiary/aromatic N) is 1. The van der Waals surface area contributed by atoms with Gasteiger partial charge in [-0.05, 0) is 34.9 Å². The van der Waals surface area contributed by atoms with E-state index in [-0.39, 0.29) is 17.2 Å². The van der Waals surface area contributed by atoms with Gasteiger partial charge in [-0.2, -0.15) is 5.12 Å². The molecule has 0 bridgehead atoms. The first kappa shape index (κ1) is 15.7. The molecule has 0 radical (unpaired) electrons. The van der Waals surface area contributed by atoms with Crippen LogP contribution in [0, 0.1) is 0 Å². The van der Waals surface area contributed by atoms with Crippen molar-refractivity contribution in [2.45, 2.75) is 6.54 Å². The standard InChI is InChI=1S/C19H15FN2O2/c20-22(19(24)16-4-2-1-3-5-16)13-14-6-8-15(9-7-14)17-10-11-21-18(23)12-17/h1-12H,13H2,(H,21,23). The Hall–Kier alpha value is -3.21. The van der Waals surface area contributed by atoms with Crippen LogP contribution in [0.25, 0.3) is 11.1 Å². The summed E-state index contributed by atoms with van der Waals surface area (Å²) in [6, 6.07) is 18.7. The fourth-order valence-electron chi connectivity index (χ4n) is 2.38. The highest BCUT2D eigenvalue weighted by Gasteiger charge is 2.15. The average Bonchev–Trinajstić information content (AvgIpc) is 2.62. The van der Waals surface area contributed by atoms with Gasteiger partial charge in [0.05, 0.1) is 6.54 Å². The van der Waals surface area contributed by atoms with E-state index in [1.54, 1.807) is 66.9 Å². The predicted molar refractivity (Wildman–Crippen MR) is 89.9 cm³/mol. The average molecular weight is 322 g/mol. The fraction of sp³-hybridized carbons (Fsp3) is 0.0526. The van der Waals surface area contributed by atoms with E-state index in [2.05, 4.69) is 4.98 Å². The van der Waals surface area contributed by atoms with Crippen molar-refractivity contribution in [3.8, 4) is 11.1 Å². The van der Waals surface area contributed by atoms with Gasteiger partial charge in [-0.25, -0.2) is 0 Å². The van der Waals surface area contributed by atoms with Crippen molar-refractivity contribution in [3.63, 3.8) is 0 Å². The Morgan fingerprint density at radius 1 is 0.958 bits per heavy atom. The molecule has 3 aromatic rings. The lowest BCUT2D eigenvalue weighted by Gasteiger charge is -2.12. The molecule has 0 saturated carbocycles. The summed E-state index contributed by atoms with van der Waals surface area (Å²) in [5.74, 6) is -0.672. The molecule has 3 rings (SSSR count). The molecule has 0 atom stereocenters. The minimum absolute atomic E-state index is 0.136. The van der Waals surface area contributed by atoms with Crippen LogP contribution >= 0.6 is 0 Å². The highest BCUT2D eigenvalue weighted by molar-refractivity contribution is 5.93. The van der Waals surface area contributed by atoms with E-state index in [9.17, 15) is 14.1 Å². The van der Waals surface area contributed by atoms with Gasteiger partial charge in [0.2, 0.25) is 5.56 Å². The smallest absolute Gasteiger partial charge is 0.281 e. The Kier molecular flexibility index (Phi) is 4.52. The van der Waals surface area contributed by atoms with Crippen LogP contribution < -0.4 is 5.56 Å². The number of amides is 1. The molecule has 0 aliphatic rings. The molecule has 24 heavy (non-hydrogen) atoms. The third kappa shape index (κ3) is 3.57. The lowest BCUT2D eigenvalue weighted by Crippen LogP contribution is -2.22. The van der Waals surface area contributed by atoms with Gasteiger partial charge in [-0.15, -0.1) is 0 Å². The largest absolute Gasteiger partial charge is 0.329 e. The Labute approximate surface area is 138 Å². The van der Waals surface area contributed by atoms with Gasteiger partial charge in [0.1, 0.15) is 0 Å². The summed E-state index contributed by atoms with van der Waals surface area (Å²) in [5.41, 5.74) is 2.42. The van der Waals surface area contributed by atoms with Gasteiger partial charge < -0.3 is 4.98 Å². The maximum absolute atomic E-state index is 14.1. The monoisotopic (exact) mass is 322 g/mol. The van der Waals surface area contributed by atoms with Gasteiger partial charge in [-0.1, -0.05) is 46.9 Å². The first-order valence-corrected chi connectivity index (χ1v) is 7.44. The van der Waals surface area contributed by atoms with Crippen LogP contribution in [0.1, 0.15) is 15.9 Å². The molecule has 1 aromatic heterocycles. The Morgan fingerprint density at radius 2 is 1.67 bits per heavy atom. The molecule has 1 heterocycles. The first-order valence-electron chi connectivity index (χ1n) is 7.44. The molecule has 0 aliphatic heterocycles. The summed E-state index contributed by atoms with van der Waals surface area (Å²) in [6.07, 6.45) is 1.58. The number of carbonyl (C=O) groups is 1. The molecule has 0 aliphatic carbocycles. The van der Waals surface area contributed by atoms with E-state index in [0.717, 1.165) is 11.1 Å². The summed E-state index contributed by atoms with van der Waals surface area (Å²) in [7, 11) is 0. The van der Waals surface area contributed by atoms with Crippen LogP contribution in [0.2, 0.25) is 0 Å². The Balaban J connectivity index is 1.72. The van der Waals surface area contributed by atoms with Crippen molar-refractivity contribution in [1.29, 1.82) is 0 Å². The maximum Gasteiger partial charge on any atom is 0.281 e. The predicted octanol–water partition coefficient (Wildman–Crippen LogP) is 3.57. The van der Waals surface area contributed by atoms with Crippen LogP contribution in [0.4, 0.5) is 4.48 Å². The summed E-state index contributed by atoms with van der Waals surface area (Å²) in [4.78, 5) is 25.9. The van der Waals surface area contributed by atoms with Gasteiger partial charge in [0, 0.05) is 17.8 Å². The zero-order valence-electron chi connectivity index (χ0n) is 12.8. The number of carbonyl (C=O) groups excluding carboxylic acids is 1. The van der Waals surface area contributed by atoms with E-state index >= 15 is 0 Å². The number of aromatic nitrogens is 1. The number of H-pyrrole nitrogens is 1. The van der Waals surface area contributed by atoms with Crippen molar-refractivity contribution >= 4 is 5.91 Å². The van der Waals surface area contributed by atoms with E-state index < -0.39 is 5.91 Å². The molecule has 0 spiro atoms. The van der Waals surface area contributed by atoms with Gasteiger partial charge in [0.15, 0.2) is 0 Å². The molecular formula is C19H15FN2O2. The Morgan fingerprint density at radius 3 is 2.33 bits per heavy atom. The van der Waals surface area contributed by atoms with E-state index in [0.29, 0.717) is 11.1 Å². The second-order valence-corrected chi connectivity index (χ2v) is 5.33. The van der Waals surface area contributed by atoms with Crippen molar-refractivity contribution < 1.29 is 9.28 Å². The minimum Gasteiger partial charge on any atom is -0.329 e. The van der Waals surface area contributed by atoms with Crippen molar-refractivity contribution in [3.05, 3.63) is 94.4 Å². The first-order chi connectivity index (χ1) is 11.6. The third-order valence-corrected chi connectivity index (χ3v) is 3.62. The van der Waals surface area contributed by atoms with E-state index in [4.69, 9.17) is 0 Å². The number of benzene rings is 2. The SMILES string of the molecule is O=C(c1ccccc1)N(F)Cc1ccc(-c2cc[nH]c(=O)c2)cc1. The molecule has 1 amide bonds.